The molecule has 7 nitrogen and oxygen atoms in total. The largest absolute Gasteiger partial charge is 0.379 e. The van der Waals surface area contributed by atoms with Crippen molar-refractivity contribution in [1.82, 2.24) is 9.73 Å². The van der Waals surface area contributed by atoms with Crippen LogP contribution in [0.2, 0.25) is 5.02 Å². The van der Waals surface area contributed by atoms with Gasteiger partial charge in [0.2, 0.25) is 10.0 Å². The molecular weight excluding hydrogens is 433 g/mol. The highest BCUT2D eigenvalue weighted by Crippen LogP contribution is 2.18. The van der Waals surface area contributed by atoms with E-state index in [4.69, 9.17) is 16.3 Å². The van der Waals surface area contributed by atoms with Crippen molar-refractivity contribution in [2.75, 3.05) is 26.3 Å². The van der Waals surface area contributed by atoms with Gasteiger partial charge < -0.3 is 4.74 Å². The van der Waals surface area contributed by atoms with Crippen molar-refractivity contribution in [3.63, 3.8) is 0 Å². The molecule has 1 N–H and O–H groups in total. The third-order valence-electron chi connectivity index (χ3n) is 4.30. The lowest BCUT2D eigenvalue weighted by molar-refractivity contribution is -0.117. The molecule has 0 radical (unpaired) electrons. The van der Waals surface area contributed by atoms with Crippen molar-refractivity contribution in [2.24, 2.45) is 5.10 Å². The number of hydrazone groups is 1. The molecular formula is C20H23ClFN3O4S. The minimum Gasteiger partial charge on any atom is -0.379 e. The normalized spacial score (nSPS) is 16.7. The second-order valence-electron chi connectivity index (χ2n) is 6.42. The average molecular weight is 456 g/mol. The van der Waals surface area contributed by atoms with Gasteiger partial charge in [0.15, 0.2) is 5.82 Å². The number of hydrogen-bond donors (Lipinski definition) is 1. The number of morpholine rings is 1. The molecule has 0 atom stereocenters. The van der Waals surface area contributed by atoms with Gasteiger partial charge in [-0.15, -0.1) is 0 Å². The fourth-order valence-corrected chi connectivity index (χ4v) is 3.96. The SMILES string of the molecule is C=C(/C=C\C=C(/C)S(=O)(=O)N1CCOCC1)C(=O)N/N=C(\C)c1cccc(Cl)c1F. The Morgan fingerprint density at radius 1 is 1.33 bits per heavy atom. The molecule has 1 saturated heterocycles. The Balaban J connectivity index is 1.99. The molecule has 1 heterocycles. The van der Waals surface area contributed by atoms with Gasteiger partial charge in [0, 0.05) is 24.2 Å². The van der Waals surface area contributed by atoms with Gasteiger partial charge in [-0.25, -0.2) is 18.2 Å². The Kier molecular flexibility index (Phi) is 8.48. The molecule has 1 fully saturated rings. The summed E-state index contributed by atoms with van der Waals surface area (Å²) < 4.78 is 45.4. The molecule has 1 amide bonds. The third kappa shape index (κ3) is 6.09. The number of ether oxygens (including phenoxy) is 1. The lowest BCUT2D eigenvalue weighted by Crippen LogP contribution is -2.40. The molecule has 1 aliphatic heterocycles. The van der Waals surface area contributed by atoms with Gasteiger partial charge in [0.25, 0.3) is 5.91 Å². The number of amides is 1. The zero-order chi connectivity index (χ0) is 22.3. The van der Waals surface area contributed by atoms with Gasteiger partial charge in [-0.1, -0.05) is 36.4 Å². The van der Waals surface area contributed by atoms with Gasteiger partial charge in [-0.2, -0.15) is 9.41 Å². The number of carbonyl (C=O) groups excluding carboxylic acids is 1. The van der Waals surface area contributed by atoms with Crippen LogP contribution in [0.15, 0.2) is 58.6 Å². The van der Waals surface area contributed by atoms with E-state index in [1.807, 2.05) is 0 Å². The van der Waals surface area contributed by atoms with Crippen molar-refractivity contribution in [3.05, 3.63) is 69.9 Å². The Bertz CT molecular complexity index is 1010. The van der Waals surface area contributed by atoms with Crippen LogP contribution in [0.5, 0.6) is 0 Å². The molecule has 162 valence electrons. The minimum absolute atomic E-state index is 0.0464. The monoisotopic (exact) mass is 455 g/mol. The molecule has 0 aliphatic carbocycles. The number of halogens is 2. The van der Waals surface area contributed by atoms with E-state index in [9.17, 15) is 17.6 Å². The van der Waals surface area contributed by atoms with E-state index >= 15 is 0 Å². The second kappa shape index (κ2) is 10.6. The molecule has 1 aliphatic rings. The number of rotatable bonds is 7. The number of nitrogens with one attached hydrogen (secondary N) is 1. The highest BCUT2D eigenvalue weighted by Gasteiger charge is 2.25. The zero-order valence-electron chi connectivity index (χ0n) is 16.7. The number of benzene rings is 1. The first-order valence-electron chi connectivity index (χ1n) is 9.05. The maximum atomic E-state index is 14.0. The van der Waals surface area contributed by atoms with E-state index in [0.717, 1.165) is 0 Å². The predicted octanol–water partition coefficient (Wildman–Crippen LogP) is 3.00. The maximum Gasteiger partial charge on any atom is 0.270 e. The van der Waals surface area contributed by atoms with E-state index in [1.165, 1.54) is 48.5 Å². The van der Waals surface area contributed by atoms with Crippen molar-refractivity contribution in [2.45, 2.75) is 13.8 Å². The lowest BCUT2D eigenvalue weighted by atomic mass is 10.1. The van der Waals surface area contributed by atoms with E-state index in [-0.39, 0.29) is 26.8 Å². The molecule has 0 unspecified atom stereocenters. The Labute approximate surface area is 180 Å². The summed E-state index contributed by atoms with van der Waals surface area (Å²) in [5.74, 6) is -1.24. The number of allylic oxidation sites excluding steroid dienone is 3. The summed E-state index contributed by atoms with van der Waals surface area (Å²) in [5.41, 5.74) is 2.71. The Hall–Kier alpha value is -2.33. The summed E-state index contributed by atoms with van der Waals surface area (Å²) in [6.07, 6.45) is 4.17. The van der Waals surface area contributed by atoms with Crippen LogP contribution in [-0.4, -0.2) is 50.6 Å². The smallest absolute Gasteiger partial charge is 0.270 e. The highest BCUT2D eigenvalue weighted by molar-refractivity contribution is 7.93. The van der Waals surface area contributed by atoms with E-state index < -0.39 is 21.7 Å². The molecule has 30 heavy (non-hydrogen) atoms. The average Bonchev–Trinajstić information content (AvgIpc) is 2.74. The van der Waals surface area contributed by atoms with Crippen LogP contribution in [0.3, 0.4) is 0 Å². The van der Waals surface area contributed by atoms with Gasteiger partial charge in [-0.3, -0.25) is 4.79 Å². The van der Waals surface area contributed by atoms with Crippen LogP contribution >= 0.6 is 11.6 Å². The van der Waals surface area contributed by atoms with Crippen molar-refractivity contribution in [3.8, 4) is 0 Å². The van der Waals surface area contributed by atoms with Gasteiger partial charge in [0.05, 0.1) is 28.9 Å². The number of carbonyl (C=O) groups is 1. The maximum absolute atomic E-state index is 14.0. The van der Waals surface area contributed by atoms with Crippen LogP contribution in [0.4, 0.5) is 4.39 Å². The summed E-state index contributed by atoms with van der Waals surface area (Å²) in [6, 6.07) is 4.47. The predicted molar refractivity (Wildman–Crippen MR) is 115 cm³/mol. The van der Waals surface area contributed by atoms with Crippen LogP contribution in [0.1, 0.15) is 19.4 Å². The van der Waals surface area contributed by atoms with Crippen LogP contribution in [0, 0.1) is 5.82 Å². The third-order valence-corrected chi connectivity index (χ3v) is 6.59. The van der Waals surface area contributed by atoms with Gasteiger partial charge >= 0.3 is 0 Å². The fraction of sp³-hybridized carbons (Fsp3) is 0.300. The zero-order valence-corrected chi connectivity index (χ0v) is 18.3. The molecule has 2 rings (SSSR count). The second-order valence-corrected chi connectivity index (χ2v) is 8.94. The van der Waals surface area contributed by atoms with Crippen molar-refractivity contribution >= 4 is 33.2 Å². The topological polar surface area (TPSA) is 88.1 Å². The first kappa shape index (κ1) is 23.9. The molecule has 0 aromatic heterocycles. The molecule has 0 saturated carbocycles. The molecule has 0 bridgehead atoms. The van der Waals surface area contributed by atoms with Crippen molar-refractivity contribution in [1.29, 1.82) is 0 Å². The summed E-state index contributed by atoms with van der Waals surface area (Å²) in [7, 11) is -3.58. The van der Waals surface area contributed by atoms with E-state index in [1.54, 1.807) is 6.07 Å². The van der Waals surface area contributed by atoms with Crippen LogP contribution in [-0.2, 0) is 19.6 Å². The summed E-state index contributed by atoms with van der Waals surface area (Å²) in [5, 5.41) is 3.81. The number of sulfonamides is 1. The van der Waals surface area contributed by atoms with Gasteiger partial charge in [0.1, 0.15) is 0 Å². The molecule has 0 spiro atoms. The fourth-order valence-electron chi connectivity index (χ4n) is 2.50. The lowest BCUT2D eigenvalue weighted by Gasteiger charge is -2.26. The van der Waals surface area contributed by atoms with Crippen LogP contribution < -0.4 is 5.43 Å². The summed E-state index contributed by atoms with van der Waals surface area (Å²) >= 11 is 5.74. The van der Waals surface area contributed by atoms with Crippen molar-refractivity contribution < 1.29 is 22.3 Å². The summed E-state index contributed by atoms with van der Waals surface area (Å²) in [4.78, 5) is 12.2. The van der Waals surface area contributed by atoms with Gasteiger partial charge in [-0.05, 0) is 32.1 Å². The molecule has 10 heteroatoms. The number of hydrogen-bond acceptors (Lipinski definition) is 5. The highest BCUT2D eigenvalue weighted by atomic mass is 35.5. The minimum atomic E-state index is -3.58. The van der Waals surface area contributed by atoms with Crippen LogP contribution in [0.25, 0.3) is 0 Å². The molecule has 1 aromatic rings. The van der Waals surface area contributed by atoms with E-state index in [2.05, 4.69) is 17.1 Å². The number of nitrogens with zero attached hydrogens (tertiary/aromatic N) is 2. The molecule has 1 aromatic carbocycles. The Morgan fingerprint density at radius 2 is 2.00 bits per heavy atom. The van der Waals surface area contributed by atoms with E-state index in [0.29, 0.717) is 26.3 Å². The summed E-state index contributed by atoms with van der Waals surface area (Å²) in [6.45, 7) is 7.94. The Morgan fingerprint density at radius 3 is 2.67 bits per heavy atom. The quantitative estimate of drug-likeness (QED) is 0.296. The standard InChI is InChI=1S/C20H23ClFN3O4S/c1-14(6-4-7-15(2)30(27,28)25-10-12-29-13-11-25)20(26)24-23-16(3)17-8-5-9-18(21)19(17)22/h4-9H,1,10-13H2,2-3H3,(H,24,26)/b6-4-,15-7+,23-16+. The first-order chi connectivity index (χ1) is 14.1. The first-order valence-corrected chi connectivity index (χ1v) is 10.9.